The maximum Gasteiger partial charge on any atom is 0.253 e. The van der Waals surface area contributed by atoms with Gasteiger partial charge >= 0.3 is 0 Å². The van der Waals surface area contributed by atoms with Crippen LogP contribution in [0.3, 0.4) is 0 Å². The zero-order chi connectivity index (χ0) is 13.2. The summed E-state index contributed by atoms with van der Waals surface area (Å²) in [6.45, 7) is 2.08. The molecule has 5 heteroatoms. The number of carbonyl (C=O) groups excluding carboxylic acids is 1. The fourth-order valence-electron chi connectivity index (χ4n) is 1.48. The van der Waals surface area contributed by atoms with E-state index in [1.54, 1.807) is 20.2 Å². The van der Waals surface area contributed by atoms with Crippen molar-refractivity contribution in [2.24, 2.45) is 0 Å². The largest absolute Gasteiger partial charge is 0.387 e. The number of hydrogen-bond donors (Lipinski definition) is 2. The monoisotopic (exact) mass is 252 g/mol. The van der Waals surface area contributed by atoms with Crippen LogP contribution in [0.15, 0.2) is 24.3 Å². The van der Waals surface area contributed by atoms with E-state index in [4.69, 9.17) is 9.47 Å². The normalized spacial score (nSPS) is 10.1. The van der Waals surface area contributed by atoms with E-state index in [0.29, 0.717) is 31.9 Å². The predicted octanol–water partition coefficient (Wildman–Crippen LogP) is 1.12. The molecule has 0 saturated carbocycles. The van der Waals surface area contributed by atoms with Gasteiger partial charge in [0.15, 0.2) is 0 Å². The molecular weight excluding hydrogens is 232 g/mol. The van der Waals surface area contributed by atoms with Crippen molar-refractivity contribution < 1.29 is 14.3 Å². The molecule has 1 rings (SSSR count). The summed E-state index contributed by atoms with van der Waals surface area (Å²) < 4.78 is 10.1. The Morgan fingerprint density at radius 1 is 1.22 bits per heavy atom. The second-order valence-corrected chi connectivity index (χ2v) is 3.66. The van der Waals surface area contributed by atoms with E-state index in [1.165, 1.54) is 0 Å². The van der Waals surface area contributed by atoms with E-state index in [-0.39, 0.29) is 5.91 Å². The number of amides is 1. The Kier molecular flexibility index (Phi) is 6.83. The summed E-state index contributed by atoms with van der Waals surface area (Å²) in [7, 11) is 3.42. The molecule has 0 spiro atoms. The van der Waals surface area contributed by atoms with Gasteiger partial charge in [0.25, 0.3) is 5.91 Å². The Bertz CT molecular complexity index is 369. The van der Waals surface area contributed by atoms with Crippen molar-refractivity contribution in [3.8, 4) is 0 Å². The van der Waals surface area contributed by atoms with E-state index in [0.717, 1.165) is 5.69 Å². The number of benzene rings is 1. The lowest BCUT2D eigenvalue weighted by molar-refractivity contribution is 0.0693. The van der Waals surface area contributed by atoms with E-state index in [9.17, 15) is 4.79 Å². The Morgan fingerprint density at radius 2 is 2.00 bits per heavy atom. The van der Waals surface area contributed by atoms with Gasteiger partial charge in [0.05, 0.1) is 25.4 Å². The molecule has 0 aliphatic carbocycles. The molecule has 1 aromatic carbocycles. The minimum Gasteiger partial charge on any atom is -0.387 e. The quantitative estimate of drug-likeness (QED) is 0.681. The molecule has 5 nitrogen and oxygen atoms in total. The van der Waals surface area contributed by atoms with Crippen molar-refractivity contribution in [3.63, 3.8) is 0 Å². The van der Waals surface area contributed by atoms with Gasteiger partial charge in [-0.3, -0.25) is 4.79 Å². The van der Waals surface area contributed by atoms with Crippen LogP contribution >= 0.6 is 0 Å². The molecule has 0 bridgehead atoms. The second-order valence-electron chi connectivity index (χ2n) is 3.66. The molecule has 0 radical (unpaired) electrons. The van der Waals surface area contributed by atoms with Gasteiger partial charge in [-0.2, -0.15) is 0 Å². The fraction of sp³-hybridized carbons (Fsp3) is 0.462. The lowest BCUT2D eigenvalue weighted by Gasteiger charge is -2.09. The molecule has 0 aliphatic heterocycles. The Labute approximate surface area is 107 Å². The van der Waals surface area contributed by atoms with Crippen LogP contribution in [0.5, 0.6) is 0 Å². The first kappa shape index (κ1) is 14.5. The topological polar surface area (TPSA) is 59.6 Å². The standard InChI is InChI=1S/C13H20N2O3/c1-14-12-6-4-3-5-11(12)13(16)15-7-8-18-10-9-17-2/h3-6,14H,7-10H2,1-2H3,(H,15,16). The first-order chi connectivity index (χ1) is 8.79. The van der Waals surface area contributed by atoms with Gasteiger partial charge in [-0.05, 0) is 12.1 Å². The lowest BCUT2D eigenvalue weighted by Crippen LogP contribution is -2.28. The number of rotatable bonds is 8. The summed E-state index contributed by atoms with van der Waals surface area (Å²) in [4.78, 5) is 11.9. The molecule has 0 fully saturated rings. The second kappa shape index (κ2) is 8.49. The highest BCUT2D eigenvalue weighted by Gasteiger charge is 2.08. The molecule has 100 valence electrons. The maximum atomic E-state index is 11.9. The first-order valence-corrected chi connectivity index (χ1v) is 5.91. The number of ether oxygens (including phenoxy) is 2. The van der Waals surface area contributed by atoms with E-state index in [2.05, 4.69) is 10.6 Å². The third-order valence-corrected chi connectivity index (χ3v) is 2.40. The van der Waals surface area contributed by atoms with E-state index < -0.39 is 0 Å². The molecule has 0 aromatic heterocycles. The molecule has 0 unspecified atom stereocenters. The minimum atomic E-state index is -0.102. The van der Waals surface area contributed by atoms with Gasteiger partial charge < -0.3 is 20.1 Å². The molecule has 18 heavy (non-hydrogen) atoms. The molecule has 0 heterocycles. The fourth-order valence-corrected chi connectivity index (χ4v) is 1.48. The molecule has 1 aromatic rings. The molecular formula is C13H20N2O3. The predicted molar refractivity (Wildman–Crippen MR) is 71.0 cm³/mol. The van der Waals surface area contributed by atoms with Crippen molar-refractivity contribution in [3.05, 3.63) is 29.8 Å². The minimum absolute atomic E-state index is 0.102. The zero-order valence-electron chi connectivity index (χ0n) is 10.9. The summed E-state index contributed by atoms with van der Waals surface area (Å²) in [5.74, 6) is -0.102. The van der Waals surface area contributed by atoms with Crippen LogP contribution < -0.4 is 10.6 Å². The highest BCUT2D eigenvalue weighted by Crippen LogP contribution is 2.13. The number of nitrogens with one attached hydrogen (secondary N) is 2. The van der Waals surface area contributed by atoms with Crippen molar-refractivity contribution in [1.82, 2.24) is 5.32 Å². The Hall–Kier alpha value is -1.59. The van der Waals surface area contributed by atoms with Crippen molar-refractivity contribution in [2.75, 3.05) is 45.8 Å². The number of methoxy groups -OCH3 is 1. The SMILES string of the molecule is CNc1ccccc1C(=O)NCCOCCOC. The molecule has 1 amide bonds. The van der Waals surface area contributed by atoms with Crippen LogP contribution in [0.4, 0.5) is 5.69 Å². The van der Waals surface area contributed by atoms with Gasteiger partial charge in [0, 0.05) is 26.4 Å². The molecule has 0 aliphatic rings. The molecule has 0 atom stereocenters. The maximum absolute atomic E-state index is 11.9. The first-order valence-electron chi connectivity index (χ1n) is 5.91. The Morgan fingerprint density at radius 3 is 2.72 bits per heavy atom. The summed E-state index contributed by atoms with van der Waals surface area (Å²) in [6, 6.07) is 7.37. The van der Waals surface area contributed by atoms with E-state index in [1.807, 2.05) is 18.2 Å². The zero-order valence-corrected chi connectivity index (χ0v) is 10.9. The number of carbonyl (C=O) groups is 1. The van der Waals surface area contributed by atoms with Gasteiger partial charge in [0.1, 0.15) is 0 Å². The number of anilines is 1. The van der Waals surface area contributed by atoms with Crippen LogP contribution in [0.1, 0.15) is 10.4 Å². The molecule has 0 saturated heterocycles. The smallest absolute Gasteiger partial charge is 0.253 e. The highest BCUT2D eigenvalue weighted by molar-refractivity contribution is 5.99. The van der Waals surface area contributed by atoms with Crippen LogP contribution in [-0.4, -0.2) is 46.4 Å². The summed E-state index contributed by atoms with van der Waals surface area (Å²) in [5.41, 5.74) is 1.45. The van der Waals surface area contributed by atoms with Crippen LogP contribution in [-0.2, 0) is 9.47 Å². The number of para-hydroxylation sites is 1. The Balaban J connectivity index is 2.32. The third-order valence-electron chi connectivity index (χ3n) is 2.40. The summed E-state index contributed by atoms with van der Waals surface area (Å²) in [6.07, 6.45) is 0. The van der Waals surface area contributed by atoms with Gasteiger partial charge in [0.2, 0.25) is 0 Å². The third kappa shape index (κ3) is 4.73. The number of hydrogen-bond acceptors (Lipinski definition) is 4. The van der Waals surface area contributed by atoms with Gasteiger partial charge in [-0.1, -0.05) is 12.1 Å². The summed E-state index contributed by atoms with van der Waals surface area (Å²) >= 11 is 0. The average Bonchev–Trinajstić information content (AvgIpc) is 2.42. The molecule has 2 N–H and O–H groups in total. The van der Waals surface area contributed by atoms with Crippen molar-refractivity contribution in [2.45, 2.75) is 0 Å². The van der Waals surface area contributed by atoms with E-state index >= 15 is 0 Å². The van der Waals surface area contributed by atoms with Crippen molar-refractivity contribution in [1.29, 1.82) is 0 Å². The van der Waals surface area contributed by atoms with Crippen LogP contribution in [0.2, 0.25) is 0 Å². The summed E-state index contributed by atoms with van der Waals surface area (Å²) in [5, 5.41) is 5.79. The average molecular weight is 252 g/mol. The van der Waals surface area contributed by atoms with Gasteiger partial charge in [-0.15, -0.1) is 0 Å². The van der Waals surface area contributed by atoms with Crippen LogP contribution in [0.25, 0.3) is 0 Å². The van der Waals surface area contributed by atoms with Crippen LogP contribution in [0, 0.1) is 0 Å². The lowest BCUT2D eigenvalue weighted by atomic mass is 10.1. The van der Waals surface area contributed by atoms with Gasteiger partial charge in [-0.25, -0.2) is 0 Å². The highest BCUT2D eigenvalue weighted by atomic mass is 16.5. The van der Waals surface area contributed by atoms with Crippen molar-refractivity contribution >= 4 is 11.6 Å².